The lowest BCUT2D eigenvalue weighted by Crippen LogP contribution is -2.27. The van der Waals surface area contributed by atoms with Crippen LogP contribution in [0.2, 0.25) is 0 Å². The molecule has 1 amide bonds. The predicted octanol–water partition coefficient (Wildman–Crippen LogP) is 1.20. The molecule has 0 spiro atoms. The number of amides is 1. The Hall–Kier alpha value is -2.18. The van der Waals surface area contributed by atoms with Gasteiger partial charge >= 0.3 is 0 Å². The summed E-state index contributed by atoms with van der Waals surface area (Å²) in [6, 6.07) is 1.82. The van der Waals surface area contributed by atoms with Gasteiger partial charge < -0.3 is 9.42 Å². The van der Waals surface area contributed by atoms with Crippen LogP contribution in [0.25, 0.3) is 0 Å². The monoisotopic (exact) mass is 263 g/mol. The molecule has 0 radical (unpaired) electrons. The Labute approximate surface area is 111 Å². The molecule has 0 saturated heterocycles. The van der Waals surface area contributed by atoms with Crippen molar-refractivity contribution in [2.75, 3.05) is 7.05 Å². The molecule has 2 aromatic heterocycles. The van der Waals surface area contributed by atoms with Crippen LogP contribution in [-0.4, -0.2) is 37.8 Å². The van der Waals surface area contributed by atoms with E-state index >= 15 is 0 Å². The van der Waals surface area contributed by atoms with Gasteiger partial charge in [-0.1, -0.05) is 19.0 Å². The third-order valence-corrected chi connectivity index (χ3v) is 2.86. The molecule has 0 fully saturated rings. The average molecular weight is 263 g/mol. The van der Waals surface area contributed by atoms with E-state index in [0.717, 1.165) is 5.69 Å². The number of hydrogen-bond acceptors (Lipinski definition) is 5. The summed E-state index contributed by atoms with van der Waals surface area (Å²) < 4.78 is 6.37. The second-order valence-corrected chi connectivity index (χ2v) is 4.74. The topological polar surface area (TPSA) is 77.1 Å². The fourth-order valence-corrected chi connectivity index (χ4v) is 1.87. The second kappa shape index (κ2) is 5.21. The van der Waals surface area contributed by atoms with Crippen molar-refractivity contribution in [1.82, 2.24) is 24.8 Å². The number of aromatic nitrogens is 4. The molecule has 0 saturated carbocycles. The molecular weight excluding hydrogens is 246 g/mol. The highest BCUT2D eigenvalue weighted by Crippen LogP contribution is 2.15. The second-order valence-electron chi connectivity index (χ2n) is 4.74. The van der Waals surface area contributed by atoms with Crippen LogP contribution in [0.4, 0.5) is 0 Å². The lowest BCUT2D eigenvalue weighted by molar-refractivity contribution is 0.0774. The highest BCUT2D eigenvalue weighted by Gasteiger charge is 2.19. The van der Waals surface area contributed by atoms with Crippen molar-refractivity contribution in [1.29, 1.82) is 0 Å². The average Bonchev–Trinajstić information content (AvgIpc) is 2.97. The number of rotatable bonds is 4. The molecule has 2 heterocycles. The van der Waals surface area contributed by atoms with E-state index < -0.39 is 0 Å². The maximum atomic E-state index is 12.2. The minimum atomic E-state index is -0.160. The van der Waals surface area contributed by atoms with Gasteiger partial charge in [0.15, 0.2) is 11.5 Å². The van der Waals surface area contributed by atoms with Gasteiger partial charge in [-0.05, 0) is 12.0 Å². The van der Waals surface area contributed by atoms with Crippen LogP contribution in [0.15, 0.2) is 17.0 Å². The van der Waals surface area contributed by atoms with E-state index in [1.165, 1.54) is 11.3 Å². The lowest BCUT2D eigenvalue weighted by Gasteiger charge is -2.12. The number of carbonyl (C=O) groups excluding carboxylic acids is 1. The first-order valence-electron chi connectivity index (χ1n) is 6.03. The SMILES string of the molecule is CC(C)c1cc(C(=O)N(C)Cc2ncon2)nn1C. The van der Waals surface area contributed by atoms with Crippen LogP contribution in [-0.2, 0) is 13.6 Å². The van der Waals surface area contributed by atoms with Crippen molar-refractivity contribution < 1.29 is 9.32 Å². The number of hydrogen-bond donors (Lipinski definition) is 0. The molecule has 2 aromatic rings. The first-order valence-corrected chi connectivity index (χ1v) is 6.03. The smallest absolute Gasteiger partial charge is 0.274 e. The van der Waals surface area contributed by atoms with Gasteiger partial charge in [-0.15, -0.1) is 0 Å². The predicted molar refractivity (Wildman–Crippen MR) is 67.4 cm³/mol. The fourth-order valence-electron chi connectivity index (χ4n) is 1.87. The molecule has 0 aliphatic rings. The van der Waals surface area contributed by atoms with E-state index in [-0.39, 0.29) is 5.91 Å². The van der Waals surface area contributed by atoms with Crippen LogP contribution in [0.1, 0.15) is 41.8 Å². The molecule has 0 aromatic carbocycles. The van der Waals surface area contributed by atoms with Crippen molar-refractivity contribution in [3.8, 4) is 0 Å². The van der Waals surface area contributed by atoms with E-state index in [1.54, 1.807) is 11.7 Å². The zero-order valence-electron chi connectivity index (χ0n) is 11.5. The first-order chi connectivity index (χ1) is 8.99. The quantitative estimate of drug-likeness (QED) is 0.828. The van der Waals surface area contributed by atoms with Gasteiger partial charge in [0.05, 0.1) is 6.54 Å². The molecule has 2 rings (SSSR count). The summed E-state index contributed by atoms with van der Waals surface area (Å²) in [7, 11) is 3.52. The van der Waals surface area contributed by atoms with Gasteiger partial charge in [0.25, 0.3) is 5.91 Å². The molecule has 0 aliphatic heterocycles. The fraction of sp³-hybridized carbons (Fsp3) is 0.500. The largest absolute Gasteiger partial charge is 0.343 e. The zero-order chi connectivity index (χ0) is 14.0. The third kappa shape index (κ3) is 2.81. The van der Waals surface area contributed by atoms with Crippen LogP contribution >= 0.6 is 0 Å². The van der Waals surface area contributed by atoms with Gasteiger partial charge in [0.2, 0.25) is 6.39 Å². The first kappa shape index (κ1) is 13.3. The summed E-state index contributed by atoms with van der Waals surface area (Å²) in [5.74, 6) is 0.629. The van der Waals surface area contributed by atoms with E-state index in [0.29, 0.717) is 24.0 Å². The standard InChI is InChI=1S/C12H17N5O2/c1-8(2)10-5-9(14-17(10)4)12(18)16(3)6-11-13-7-19-15-11/h5,7-8H,6H2,1-4H3. The molecule has 0 atom stereocenters. The van der Waals surface area contributed by atoms with Gasteiger partial charge in [0, 0.05) is 19.8 Å². The third-order valence-electron chi connectivity index (χ3n) is 2.86. The molecule has 0 bridgehead atoms. The van der Waals surface area contributed by atoms with Gasteiger partial charge in [-0.2, -0.15) is 10.1 Å². The van der Waals surface area contributed by atoms with E-state index in [4.69, 9.17) is 0 Å². The Morgan fingerprint density at radius 3 is 2.79 bits per heavy atom. The minimum Gasteiger partial charge on any atom is -0.343 e. The molecule has 0 unspecified atom stereocenters. The number of nitrogens with zero attached hydrogens (tertiary/aromatic N) is 5. The van der Waals surface area contributed by atoms with Crippen molar-refractivity contribution >= 4 is 5.91 Å². The Balaban J connectivity index is 2.13. The van der Waals surface area contributed by atoms with Crippen LogP contribution in [0, 0.1) is 0 Å². The highest BCUT2D eigenvalue weighted by atomic mass is 16.5. The summed E-state index contributed by atoms with van der Waals surface area (Å²) in [6.45, 7) is 4.42. The van der Waals surface area contributed by atoms with Crippen molar-refractivity contribution in [2.24, 2.45) is 7.05 Å². The summed E-state index contributed by atoms with van der Waals surface area (Å²) in [5, 5.41) is 7.92. The molecule has 19 heavy (non-hydrogen) atoms. The van der Waals surface area contributed by atoms with Crippen molar-refractivity contribution in [2.45, 2.75) is 26.3 Å². The summed E-state index contributed by atoms with van der Waals surface area (Å²) in [4.78, 5) is 17.6. The lowest BCUT2D eigenvalue weighted by atomic mass is 10.1. The molecule has 0 N–H and O–H groups in total. The molecule has 7 nitrogen and oxygen atoms in total. The van der Waals surface area contributed by atoms with Crippen LogP contribution in [0.5, 0.6) is 0 Å². The van der Waals surface area contributed by atoms with Gasteiger partial charge in [0.1, 0.15) is 0 Å². The summed E-state index contributed by atoms with van der Waals surface area (Å²) in [5.41, 5.74) is 1.45. The molecular formula is C12H17N5O2. The maximum Gasteiger partial charge on any atom is 0.274 e. The minimum absolute atomic E-state index is 0.160. The van der Waals surface area contributed by atoms with Gasteiger partial charge in [-0.3, -0.25) is 9.48 Å². The normalized spacial score (nSPS) is 11.0. The van der Waals surface area contributed by atoms with Crippen molar-refractivity contribution in [3.63, 3.8) is 0 Å². The zero-order valence-corrected chi connectivity index (χ0v) is 11.5. The van der Waals surface area contributed by atoms with E-state index in [1.807, 2.05) is 13.1 Å². The maximum absolute atomic E-state index is 12.2. The number of carbonyl (C=O) groups is 1. The summed E-state index contributed by atoms with van der Waals surface area (Å²) >= 11 is 0. The Kier molecular flexibility index (Phi) is 3.64. The Morgan fingerprint density at radius 1 is 1.53 bits per heavy atom. The Morgan fingerprint density at radius 2 is 2.26 bits per heavy atom. The van der Waals surface area contributed by atoms with Crippen LogP contribution in [0.3, 0.4) is 0 Å². The van der Waals surface area contributed by atoms with E-state index in [2.05, 4.69) is 33.6 Å². The highest BCUT2D eigenvalue weighted by molar-refractivity contribution is 5.92. The van der Waals surface area contributed by atoms with E-state index in [9.17, 15) is 4.79 Å². The molecule has 7 heteroatoms. The van der Waals surface area contributed by atoms with Gasteiger partial charge in [-0.25, -0.2) is 0 Å². The molecule has 102 valence electrons. The molecule has 0 aliphatic carbocycles. The van der Waals surface area contributed by atoms with Crippen molar-refractivity contribution in [3.05, 3.63) is 29.7 Å². The summed E-state index contributed by atoms with van der Waals surface area (Å²) in [6.07, 6.45) is 1.24. The Bertz CT molecular complexity index is 559. The number of aryl methyl sites for hydroxylation is 1. The van der Waals surface area contributed by atoms with Crippen LogP contribution < -0.4 is 0 Å².